The van der Waals surface area contributed by atoms with Gasteiger partial charge in [0.25, 0.3) is 0 Å². The van der Waals surface area contributed by atoms with E-state index in [4.69, 9.17) is 15.6 Å². The van der Waals surface area contributed by atoms with Crippen LogP contribution in [0.1, 0.15) is 19.6 Å². The van der Waals surface area contributed by atoms with Crippen molar-refractivity contribution >= 4 is 22.9 Å². The molecule has 2 aromatic rings. The zero-order valence-corrected chi connectivity index (χ0v) is 13.0. The summed E-state index contributed by atoms with van der Waals surface area (Å²) in [4.78, 5) is 14.0. The average molecular weight is 328 g/mol. The number of halogens is 2. The van der Waals surface area contributed by atoms with Gasteiger partial charge in [0.1, 0.15) is 6.61 Å². The molecule has 0 amide bonds. The second-order valence-electron chi connectivity index (χ2n) is 6.09. The van der Waals surface area contributed by atoms with Crippen LogP contribution in [0.3, 0.4) is 0 Å². The summed E-state index contributed by atoms with van der Waals surface area (Å²) in [6.45, 7) is 0.271. The van der Waals surface area contributed by atoms with Crippen LogP contribution in [0.5, 0.6) is 0 Å². The highest BCUT2D eigenvalue weighted by molar-refractivity contribution is 5.84. The zero-order valence-electron chi connectivity index (χ0n) is 13.0. The average Bonchev–Trinajstić information content (AvgIpc) is 2.96. The summed E-state index contributed by atoms with van der Waals surface area (Å²) >= 11 is 0. The quantitative estimate of drug-likeness (QED) is 0.858. The molecule has 1 aliphatic heterocycles. The molecule has 0 bridgehead atoms. The van der Waals surface area contributed by atoms with Crippen molar-refractivity contribution < 1.29 is 18.6 Å². The molecule has 0 aromatic carbocycles. The molecule has 8 nitrogen and oxygen atoms in total. The molecule has 0 saturated carbocycles. The molecule has 3 heterocycles. The van der Waals surface area contributed by atoms with E-state index in [1.165, 1.54) is 17.8 Å². The van der Waals surface area contributed by atoms with Crippen molar-refractivity contribution in [2.24, 2.45) is 0 Å². The number of nitrogen functional groups attached to an aromatic ring is 1. The number of aliphatic hydroxyl groups is 1. The molecule has 3 N–H and O–H groups in total. The smallest absolute Gasteiger partial charge is 0.237 e. The van der Waals surface area contributed by atoms with Crippen LogP contribution in [-0.2, 0) is 4.74 Å². The topological polar surface area (TPSA) is 102 Å². The molecule has 3 atom stereocenters. The Morgan fingerprint density at radius 1 is 1.48 bits per heavy atom. The van der Waals surface area contributed by atoms with E-state index >= 15 is 0 Å². The monoisotopic (exact) mass is 328 g/mol. The molecule has 1 saturated heterocycles. The highest BCUT2D eigenvalue weighted by Gasteiger charge is 2.56. The third-order valence-corrected chi connectivity index (χ3v) is 3.78. The lowest BCUT2D eigenvalue weighted by Crippen LogP contribution is -2.28. The molecule has 3 rings (SSSR count). The maximum absolute atomic E-state index is 14.8. The van der Waals surface area contributed by atoms with Crippen molar-refractivity contribution in [3.05, 3.63) is 6.33 Å². The fraction of sp³-hybridized carbons (Fsp3) is 0.615. The molecule has 0 aliphatic carbocycles. The Morgan fingerprint density at radius 3 is 2.74 bits per heavy atom. The van der Waals surface area contributed by atoms with Crippen LogP contribution in [-0.4, -0.2) is 56.9 Å². The summed E-state index contributed by atoms with van der Waals surface area (Å²) in [6.07, 6.45) is -0.617. The van der Waals surface area contributed by atoms with Crippen molar-refractivity contribution in [1.82, 2.24) is 19.5 Å². The standard InChI is InChI=1S/C13H18F2N6O2/c1-12(14)4-13(15,5-22)23-10(12)21-6-17-7-8(20(2)3)18-11(16)19-9(7)21/h6,10,22H,4-5H2,1-3H3,(H2,16,18,19)/t10-,12-,13+/m1/s1. The molecule has 0 unspecified atom stereocenters. The number of imidazole rings is 1. The molecule has 23 heavy (non-hydrogen) atoms. The van der Waals surface area contributed by atoms with Crippen LogP contribution in [0.25, 0.3) is 11.2 Å². The van der Waals surface area contributed by atoms with Crippen molar-refractivity contribution in [3.8, 4) is 0 Å². The van der Waals surface area contributed by atoms with E-state index in [-0.39, 0.29) is 11.6 Å². The number of aromatic nitrogens is 4. The maximum atomic E-state index is 14.8. The normalized spacial score (nSPS) is 31.0. The second kappa shape index (κ2) is 4.96. The predicted octanol–water partition coefficient (Wildman–Crippen LogP) is 0.780. The minimum atomic E-state index is -2.45. The number of hydrogen-bond donors (Lipinski definition) is 2. The van der Waals surface area contributed by atoms with Crippen molar-refractivity contribution in [2.75, 3.05) is 31.3 Å². The van der Waals surface area contributed by atoms with Crippen LogP contribution < -0.4 is 10.6 Å². The van der Waals surface area contributed by atoms with E-state index < -0.39 is 30.8 Å². The Balaban J connectivity index is 2.14. The zero-order chi connectivity index (χ0) is 17.0. The molecule has 10 heteroatoms. The van der Waals surface area contributed by atoms with Gasteiger partial charge < -0.3 is 20.5 Å². The largest absolute Gasteiger partial charge is 0.390 e. The number of ether oxygens (including phenoxy) is 1. The maximum Gasteiger partial charge on any atom is 0.237 e. The van der Waals surface area contributed by atoms with Gasteiger partial charge in [0.15, 0.2) is 28.9 Å². The fourth-order valence-corrected chi connectivity index (χ4v) is 2.81. The summed E-state index contributed by atoms with van der Waals surface area (Å²) in [7, 11) is 3.51. The minimum absolute atomic E-state index is 0.0184. The number of hydrogen-bond acceptors (Lipinski definition) is 7. The van der Waals surface area contributed by atoms with Gasteiger partial charge in [-0.1, -0.05) is 0 Å². The number of alkyl halides is 2. The van der Waals surface area contributed by atoms with E-state index in [2.05, 4.69) is 15.0 Å². The Bertz CT molecular complexity index is 749. The van der Waals surface area contributed by atoms with Crippen molar-refractivity contribution in [2.45, 2.75) is 31.1 Å². The Kier molecular flexibility index (Phi) is 3.41. The molecule has 0 spiro atoms. The first-order valence-electron chi connectivity index (χ1n) is 7.01. The van der Waals surface area contributed by atoms with Gasteiger partial charge in [-0.2, -0.15) is 9.97 Å². The first-order valence-corrected chi connectivity index (χ1v) is 7.01. The van der Waals surface area contributed by atoms with Gasteiger partial charge in [0.2, 0.25) is 11.8 Å². The van der Waals surface area contributed by atoms with E-state index in [1.807, 2.05) is 0 Å². The molecular weight excluding hydrogens is 310 g/mol. The molecule has 1 aliphatic rings. The number of nitrogens with zero attached hydrogens (tertiary/aromatic N) is 5. The van der Waals surface area contributed by atoms with E-state index in [0.717, 1.165) is 0 Å². The van der Waals surface area contributed by atoms with Gasteiger partial charge in [0.05, 0.1) is 6.33 Å². The number of rotatable bonds is 3. The molecule has 1 fully saturated rings. The van der Waals surface area contributed by atoms with Gasteiger partial charge in [-0.25, -0.2) is 13.8 Å². The van der Waals surface area contributed by atoms with Gasteiger partial charge in [-0.05, 0) is 6.92 Å². The molecular formula is C13H18F2N6O2. The lowest BCUT2D eigenvalue weighted by Gasteiger charge is -2.22. The second-order valence-corrected chi connectivity index (χ2v) is 6.09. The summed E-state index contributed by atoms with van der Waals surface area (Å²) in [6, 6.07) is 0. The van der Waals surface area contributed by atoms with Crippen LogP contribution in [0.4, 0.5) is 20.5 Å². The van der Waals surface area contributed by atoms with Gasteiger partial charge in [-0.3, -0.25) is 4.57 Å². The van der Waals surface area contributed by atoms with Gasteiger partial charge in [-0.15, -0.1) is 0 Å². The number of fused-ring (bicyclic) bond motifs is 1. The summed E-state index contributed by atoms with van der Waals surface area (Å²) in [5, 5.41) is 9.10. The summed E-state index contributed by atoms with van der Waals surface area (Å²) < 4.78 is 35.5. The first kappa shape index (κ1) is 15.8. The minimum Gasteiger partial charge on any atom is -0.390 e. The third-order valence-electron chi connectivity index (χ3n) is 3.78. The Hall–Kier alpha value is -2.07. The fourth-order valence-electron chi connectivity index (χ4n) is 2.81. The predicted molar refractivity (Wildman–Crippen MR) is 79.2 cm³/mol. The third kappa shape index (κ3) is 2.47. The van der Waals surface area contributed by atoms with E-state index in [0.29, 0.717) is 11.3 Å². The number of nitrogens with two attached hydrogens (primary N) is 1. The molecule has 0 radical (unpaired) electrons. The van der Waals surface area contributed by atoms with Gasteiger partial charge >= 0.3 is 0 Å². The number of aliphatic hydroxyl groups excluding tert-OH is 1. The highest BCUT2D eigenvalue weighted by atomic mass is 19.2. The Morgan fingerprint density at radius 2 is 2.17 bits per heavy atom. The van der Waals surface area contributed by atoms with Crippen LogP contribution in [0.15, 0.2) is 6.33 Å². The van der Waals surface area contributed by atoms with E-state index in [1.54, 1.807) is 19.0 Å². The SMILES string of the molecule is CN(C)c1nc(N)nc2c1ncn2[C@@H]1O[C@](F)(CO)C[C@@]1(C)F. The lowest BCUT2D eigenvalue weighted by atomic mass is 10.0. The van der Waals surface area contributed by atoms with Crippen LogP contribution >= 0.6 is 0 Å². The first-order chi connectivity index (χ1) is 10.7. The van der Waals surface area contributed by atoms with Crippen LogP contribution in [0.2, 0.25) is 0 Å². The molecule has 2 aromatic heterocycles. The highest BCUT2D eigenvalue weighted by Crippen LogP contribution is 2.47. The van der Waals surface area contributed by atoms with Crippen molar-refractivity contribution in [1.29, 1.82) is 0 Å². The summed E-state index contributed by atoms with van der Waals surface area (Å²) in [5.41, 5.74) is 4.27. The molecule has 126 valence electrons. The van der Waals surface area contributed by atoms with E-state index in [9.17, 15) is 8.78 Å². The number of anilines is 2. The lowest BCUT2D eigenvalue weighted by molar-refractivity contribution is -0.180. The van der Waals surface area contributed by atoms with Crippen molar-refractivity contribution in [3.63, 3.8) is 0 Å². The summed E-state index contributed by atoms with van der Waals surface area (Å²) in [5.74, 6) is -2.01. The van der Waals surface area contributed by atoms with Gasteiger partial charge in [0, 0.05) is 20.5 Å². The Labute approximate surface area is 130 Å². The van der Waals surface area contributed by atoms with Crippen LogP contribution in [0, 0.1) is 0 Å².